The Hall–Kier alpha value is -0.470. The average Bonchev–Trinajstić information content (AvgIpc) is 1.57. The summed E-state index contributed by atoms with van der Waals surface area (Å²) in [5, 5.41) is 0. The van der Waals surface area contributed by atoms with E-state index >= 15 is 0 Å². The predicted octanol–water partition coefficient (Wildman–Crippen LogP) is 3.15. The SMILES string of the molecule is CC(C)(C)/C=C/C(F)(F)F. The molecule has 0 amide bonds. The summed E-state index contributed by atoms with van der Waals surface area (Å²) >= 11 is 0. The Balaban J connectivity index is 4.01. The summed E-state index contributed by atoms with van der Waals surface area (Å²) in [6.07, 6.45) is -2.76. The Morgan fingerprint density at radius 1 is 0.900 bits per heavy atom. The van der Waals surface area contributed by atoms with E-state index in [9.17, 15) is 13.2 Å². The first-order valence-corrected chi connectivity index (χ1v) is 2.98. The van der Waals surface area contributed by atoms with Crippen LogP contribution in [0.1, 0.15) is 20.8 Å². The third kappa shape index (κ3) is 7.53. The Labute approximate surface area is 58.7 Å². The van der Waals surface area contributed by atoms with E-state index in [-0.39, 0.29) is 6.08 Å². The number of hydrogen-bond donors (Lipinski definition) is 0. The highest BCUT2D eigenvalue weighted by atomic mass is 19.4. The van der Waals surface area contributed by atoms with Gasteiger partial charge in [0.2, 0.25) is 0 Å². The van der Waals surface area contributed by atoms with Gasteiger partial charge in [0.15, 0.2) is 0 Å². The van der Waals surface area contributed by atoms with Gasteiger partial charge in [-0.05, 0) is 5.41 Å². The normalized spacial score (nSPS) is 14.6. The van der Waals surface area contributed by atoms with E-state index < -0.39 is 11.6 Å². The van der Waals surface area contributed by atoms with Gasteiger partial charge in [-0.2, -0.15) is 13.2 Å². The van der Waals surface area contributed by atoms with Crippen LogP contribution in [0, 0.1) is 5.41 Å². The smallest absolute Gasteiger partial charge is 0.167 e. The first kappa shape index (κ1) is 9.53. The molecule has 0 aromatic rings. The van der Waals surface area contributed by atoms with Gasteiger partial charge in [0.05, 0.1) is 0 Å². The van der Waals surface area contributed by atoms with Gasteiger partial charge in [0.25, 0.3) is 0 Å². The molecule has 0 nitrogen and oxygen atoms in total. The number of allylic oxidation sites excluding steroid dienone is 2. The van der Waals surface area contributed by atoms with Crippen LogP contribution < -0.4 is 0 Å². The van der Waals surface area contributed by atoms with Crippen LogP contribution in [-0.4, -0.2) is 6.18 Å². The summed E-state index contributed by atoms with van der Waals surface area (Å²) in [6.45, 7) is 5.15. The quantitative estimate of drug-likeness (QED) is 0.468. The van der Waals surface area contributed by atoms with Gasteiger partial charge in [-0.25, -0.2) is 0 Å². The van der Waals surface area contributed by atoms with Crippen LogP contribution in [-0.2, 0) is 0 Å². The van der Waals surface area contributed by atoms with Crippen LogP contribution in [0.25, 0.3) is 0 Å². The van der Waals surface area contributed by atoms with Crippen LogP contribution >= 0.6 is 0 Å². The Bertz CT molecular complexity index is 109. The largest absolute Gasteiger partial charge is 0.409 e. The summed E-state index contributed by atoms with van der Waals surface area (Å²) in [4.78, 5) is 0. The van der Waals surface area contributed by atoms with Crippen molar-refractivity contribution in [1.82, 2.24) is 0 Å². The van der Waals surface area contributed by atoms with E-state index in [2.05, 4.69) is 0 Å². The molecule has 0 saturated carbocycles. The van der Waals surface area contributed by atoms with Crippen LogP contribution in [0.2, 0.25) is 0 Å². The molecular formula is C7H11F3. The molecule has 0 unspecified atom stereocenters. The fraction of sp³-hybridized carbons (Fsp3) is 0.714. The second kappa shape index (κ2) is 2.64. The van der Waals surface area contributed by atoms with Gasteiger partial charge in [-0.3, -0.25) is 0 Å². The average molecular weight is 152 g/mol. The third-order valence-corrected chi connectivity index (χ3v) is 0.772. The topological polar surface area (TPSA) is 0 Å². The van der Waals surface area contributed by atoms with Gasteiger partial charge in [-0.15, -0.1) is 0 Å². The molecule has 0 heterocycles. The van der Waals surface area contributed by atoms with E-state index in [0.29, 0.717) is 0 Å². The van der Waals surface area contributed by atoms with Crippen molar-refractivity contribution >= 4 is 0 Å². The zero-order valence-corrected chi connectivity index (χ0v) is 6.29. The van der Waals surface area contributed by atoms with Crippen LogP contribution in [0.15, 0.2) is 12.2 Å². The van der Waals surface area contributed by atoms with Crippen molar-refractivity contribution in [2.45, 2.75) is 26.9 Å². The molecule has 0 aliphatic carbocycles. The maximum Gasteiger partial charge on any atom is 0.409 e. The van der Waals surface area contributed by atoms with Crippen molar-refractivity contribution in [3.8, 4) is 0 Å². The zero-order chi connectivity index (χ0) is 8.41. The second-order valence-corrected chi connectivity index (χ2v) is 3.24. The van der Waals surface area contributed by atoms with Gasteiger partial charge in [-0.1, -0.05) is 26.8 Å². The molecule has 0 radical (unpaired) electrons. The van der Waals surface area contributed by atoms with E-state index in [1.165, 1.54) is 0 Å². The molecule has 0 rings (SSSR count). The minimum absolute atomic E-state index is 0.271. The summed E-state index contributed by atoms with van der Waals surface area (Å²) in [6, 6.07) is 0. The molecule has 0 N–H and O–H groups in total. The third-order valence-electron chi connectivity index (χ3n) is 0.772. The molecule has 3 heteroatoms. The molecule has 0 aliphatic rings. The van der Waals surface area contributed by atoms with E-state index in [1.54, 1.807) is 20.8 Å². The molecule has 0 aromatic carbocycles. The number of hydrogen-bond acceptors (Lipinski definition) is 0. The molecule has 60 valence electrons. The molecule has 10 heavy (non-hydrogen) atoms. The molecule has 0 aromatic heterocycles. The van der Waals surface area contributed by atoms with Gasteiger partial charge in [0.1, 0.15) is 0 Å². The lowest BCUT2D eigenvalue weighted by Gasteiger charge is -2.11. The molecular weight excluding hydrogens is 141 g/mol. The Morgan fingerprint density at radius 2 is 1.30 bits per heavy atom. The monoisotopic (exact) mass is 152 g/mol. The van der Waals surface area contributed by atoms with Gasteiger partial charge in [0, 0.05) is 6.08 Å². The van der Waals surface area contributed by atoms with Crippen molar-refractivity contribution < 1.29 is 13.2 Å². The highest BCUT2D eigenvalue weighted by Gasteiger charge is 2.23. The van der Waals surface area contributed by atoms with Crippen LogP contribution in [0.3, 0.4) is 0 Å². The van der Waals surface area contributed by atoms with Gasteiger partial charge >= 0.3 is 6.18 Å². The summed E-state index contributed by atoms with van der Waals surface area (Å²) in [5.41, 5.74) is -0.393. The van der Waals surface area contributed by atoms with Crippen molar-refractivity contribution in [3.63, 3.8) is 0 Å². The summed E-state index contributed by atoms with van der Waals surface area (Å²) in [5.74, 6) is 0. The lowest BCUT2D eigenvalue weighted by Crippen LogP contribution is -2.06. The van der Waals surface area contributed by atoms with Crippen molar-refractivity contribution in [2.75, 3.05) is 0 Å². The van der Waals surface area contributed by atoms with Crippen molar-refractivity contribution in [2.24, 2.45) is 5.41 Å². The van der Waals surface area contributed by atoms with Crippen molar-refractivity contribution in [1.29, 1.82) is 0 Å². The minimum atomic E-state index is -4.17. The molecule has 0 fully saturated rings. The van der Waals surface area contributed by atoms with E-state index in [4.69, 9.17) is 0 Å². The molecule has 0 saturated heterocycles. The highest BCUT2D eigenvalue weighted by Crippen LogP contribution is 2.21. The van der Waals surface area contributed by atoms with Crippen molar-refractivity contribution in [3.05, 3.63) is 12.2 Å². The van der Waals surface area contributed by atoms with Crippen LogP contribution in [0.5, 0.6) is 0 Å². The van der Waals surface area contributed by atoms with E-state index in [1.807, 2.05) is 0 Å². The minimum Gasteiger partial charge on any atom is -0.167 e. The second-order valence-electron chi connectivity index (χ2n) is 3.24. The predicted molar refractivity (Wildman–Crippen MR) is 34.6 cm³/mol. The number of halogens is 3. The van der Waals surface area contributed by atoms with E-state index in [0.717, 1.165) is 6.08 Å². The fourth-order valence-electron chi connectivity index (χ4n) is 0.344. The first-order chi connectivity index (χ1) is 4.21. The first-order valence-electron chi connectivity index (χ1n) is 2.98. The summed E-state index contributed by atoms with van der Waals surface area (Å²) in [7, 11) is 0. The van der Waals surface area contributed by atoms with Gasteiger partial charge < -0.3 is 0 Å². The lowest BCUT2D eigenvalue weighted by atomic mass is 9.96. The highest BCUT2D eigenvalue weighted by molar-refractivity contribution is 4.96. The standard InChI is InChI=1S/C7H11F3/c1-6(2,3)4-5-7(8,9)10/h4-5H,1-3H3/b5-4+. The molecule has 0 spiro atoms. The fourth-order valence-corrected chi connectivity index (χ4v) is 0.344. The number of rotatable bonds is 0. The van der Waals surface area contributed by atoms with Crippen LogP contribution in [0.4, 0.5) is 13.2 Å². The summed E-state index contributed by atoms with van der Waals surface area (Å²) < 4.78 is 34.5. The Kier molecular flexibility index (Phi) is 2.52. The zero-order valence-electron chi connectivity index (χ0n) is 6.29. The molecule has 0 aliphatic heterocycles. The maximum absolute atomic E-state index is 11.5. The molecule has 0 atom stereocenters. The Morgan fingerprint density at radius 3 is 1.40 bits per heavy atom. The maximum atomic E-state index is 11.5. The number of alkyl halides is 3. The lowest BCUT2D eigenvalue weighted by molar-refractivity contribution is -0.0804. The molecule has 0 bridgehead atoms.